The molecule has 1 atom stereocenters. The van der Waals surface area contributed by atoms with Crippen molar-refractivity contribution in [3.63, 3.8) is 0 Å². The number of hydrogen-bond acceptors (Lipinski definition) is 5. The molecule has 0 aliphatic heterocycles. The molecule has 0 fully saturated rings. The van der Waals surface area contributed by atoms with Crippen molar-refractivity contribution in [1.82, 2.24) is 5.32 Å². The Morgan fingerprint density at radius 1 is 1.08 bits per heavy atom. The molecular weight excluding hydrogens is 318 g/mol. The minimum Gasteiger partial charge on any atom is -0.492 e. The van der Waals surface area contributed by atoms with Crippen molar-refractivity contribution in [3.8, 4) is 11.5 Å². The van der Waals surface area contributed by atoms with Gasteiger partial charge in [0.05, 0.1) is 0 Å². The molecule has 0 saturated carbocycles. The van der Waals surface area contributed by atoms with Crippen LogP contribution in [-0.2, 0) is 11.2 Å². The van der Waals surface area contributed by atoms with Crippen LogP contribution in [0.1, 0.15) is 12.5 Å². The van der Waals surface area contributed by atoms with Crippen LogP contribution in [0.5, 0.6) is 11.5 Å². The SMILES string of the molecule is CC(=O)Cc1ccccc1OCCNC[C@H](O)COc1ccccc1. The van der Waals surface area contributed by atoms with Gasteiger partial charge >= 0.3 is 0 Å². The Kier molecular flexibility index (Phi) is 7.95. The van der Waals surface area contributed by atoms with E-state index in [0.717, 1.165) is 17.1 Å². The second-order valence-electron chi connectivity index (χ2n) is 5.82. The zero-order valence-corrected chi connectivity index (χ0v) is 14.5. The monoisotopic (exact) mass is 343 g/mol. The number of ketones is 1. The van der Waals surface area contributed by atoms with Gasteiger partial charge in [-0.3, -0.25) is 4.79 Å². The molecule has 0 heterocycles. The summed E-state index contributed by atoms with van der Waals surface area (Å²) in [5.41, 5.74) is 0.895. The van der Waals surface area contributed by atoms with Crippen LogP contribution in [-0.4, -0.2) is 43.3 Å². The Bertz CT molecular complexity index is 645. The Labute approximate surface area is 148 Å². The minimum atomic E-state index is -0.592. The van der Waals surface area contributed by atoms with Crippen molar-refractivity contribution >= 4 is 5.78 Å². The number of ether oxygens (including phenoxy) is 2. The van der Waals surface area contributed by atoms with Crippen molar-refractivity contribution in [2.45, 2.75) is 19.4 Å². The van der Waals surface area contributed by atoms with Gasteiger partial charge in [0.15, 0.2) is 0 Å². The van der Waals surface area contributed by atoms with E-state index in [9.17, 15) is 9.90 Å². The number of benzene rings is 2. The van der Waals surface area contributed by atoms with E-state index in [1.807, 2.05) is 54.6 Å². The van der Waals surface area contributed by atoms with Gasteiger partial charge in [-0.15, -0.1) is 0 Å². The fourth-order valence-corrected chi connectivity index (χ4v) is 2.33. The van der Waals surface area contributed by atoms with Crippen LogP contribution in [0.3, 0.4) is 0 Å². The fourth-order valence-electron chi connectivity index (χ4n) is 2.33. The maximum absolute atomic E-state index is 11.3. The van der Waals surface area contributed by atoms with Crippen LogP contribution in [0.2, 0.25) is 0 Å². The zero-order valence-electron chi connectivity index (χ0n) is 14.5. The summed E-state index contributed by atoms with van der Waals surface area (Å²) in [6.07, 6.45) is -0.218. The van der Waals surface area contributed by atoms with Crippen molar-refractivity contribution in [1.29, 1.82) is 0 Å². The predicted octanol–water partition coefficient (Wildman–Crippen LogP) is 2.23. The number of carbonyl (C=O) groups excluding carboxylic acids is 1. The lowest BCUT2D eigenvalue weighted by molar-refractivity contribution is -0.116. The van der Waals surface area contributed by atoms with E-state index in [0.29, 0.717) is 26.1 Å². The van der Waals surface area contributed by atoms with Gasteiger partial charge in [0.1, 0.15) is 36.6 Å². The molecular formula is C20H25NO4. The highest BCUT2D eigenvalue weighted by atomic mass is 16.5. The Hall–Kier alpha value is -2.37. The van der Waals surface area contributed by atoms with E-state index in [-0.39, 0.29) is 12.4 Å². The quantitative estimate of drug-likeness (QED) is 0.613. The third-order valence-electron chi connectivity index (χ3n) is 3.51. The number of para-hydroxylation sites is 2. The van der Waals surface area contributed by atoms with Crippen LogP contribution < -0.4 is 14.8 Å². The molecule has 0 aliphatic carbocycles. The minimum absolute atomic E-state index is 0.107. The van der Waals surface area contributed by atoms with Gasteiger partial charge in [0, 0.05) is 25.1 Å². The molecule has 0 aliphatic rings. The van der Waals surface area contributed by atoms with Gasteiger partial charge in [0.2, 0.25) is 0 Å². The Morgan fingerprint density at radius 3 is 2.56 bits per heavy atom. The molecule has 0 saturated heterocycles. The zero-order chi connectivity index (χ0) is 17.9. The lowest BCUT2D eigenvalue weighted by atomic mass is 10.1. The summed E-state index contributed by atoms with van der Waals surface area (Å²) in [6.45, 7) is 3.28. The Balaban J connectivity index is 1.62. The lowest BCUT2D eigenvalue weighted by Crippen LogP contribution is -2.33. The van der Waals surface area contributed by atoms with Gasteiger partial charge < -0.3 is 19.9 Å². The fraction of sp³-hybridized carbons (Fsp3) is 0.350. The van der Waals surface area contributed by atoms with E-state index in [1.165, 1.54) is 0 Å². The highest BCUT2D eigenvalue weighted by molar-refractivity contribution is 5.78. The molecule has 2 N–H and O–H groups in total. The molecule has 0 bridgehead atoms. The van der Waals surface area contributed by atoms with Crippen molar-refractivity contribution < 1.29 is 19.4 Å². The normalized spacial score (nSPS) is 11.8. The molecule has 5 nitrogen and oxygen atoms in total. The summed E-state index contributed by atoms with van der Waals surface area (Å²) < 4.78 is 11.2. The van der Waals surface area contributed by atoms with Crippen LogP contribution in [0.25, 0.3) is 0 Å². The molecule has 25 heavy (non-hydrogen) atoms. The molecule has 0 aromatic heterocycles. The maximum atomic E-state index is 11.3. The molecule has 2 rings (SSSR count). The van der Waals surface area contributed by atoms with Crippen LogP contribution in [0.15, 0.2) is 54.6 Å². The van der Waals surface area contributed by atoms with Crippen LogP contribution in [0, 0.1) is 0 Å². The van der Waals surface area contributed by atoms with Gasteiger partial charge in [-0.2, -0.15) is 0 Å². The van der Waals surface area contributed by atoms with E-state index >= 15 is 0 Å². The van der Waals surface area contributed by atoms with E-state index < -0.39 is 6.10 Å². The number of Topliss-reactive ketones (excluding diaryl/α,β-unsaturated/α-hetero) is 1. The van der Waals surface area contributed by atoms with Crippen molar-refractivity contribution in [2.75, 3.05) is 26.3 Å². The van der Waals surface area contributed by atoms with Crippen LogP contribution >= 0.6 is 0 Å². The van der Waals surface area contributed by atoms with E-state index in [2.05, 4.69) is 5.32 Å². The second-order valence-corrected chi connectivity index (χ2v) is 5.82. The largest absolute Gasteiger partial charge is 0.492 e. The summed E-state index contributed by atoms with van der Waals surface area (Å²) in [5.74, 6) is 1.58. The number of carbonyl (C=O) groups is 1. The van der Waals surface area contributed by atoms with E-state index in [4.69, 9.17) is 9.47 Å². The van der Waals surface area contributed by atoms with Crippen molar-refractivity contribution in [2.24, 2.45) is 0 Å². The maximum Gasteiger partial charge on any atom is 0.134 e. The molecule has 0 radical (unpaired) electrons. The first-order valence-corrected chi connectivity index (χ1v) is 8.42. The first-order valence-electron chi connectivity index (χ1n) is 8.42. The highest BCUT2D eigenvalue weighted by Crippen LogP contribution is 2.18. The standard InChI is InChI=1S/C20H25NO4/c1-16(22)13-17-7-5-6-10-20(17)24-12-11-21-14-18(23)15-25-19-8-3-2-4-9-19/h2-10,18,21,23H,11-15H2,1H3/t18-/m0/s1. The molecule has 5 heteroatoms. The number of nitrogens with one attached hydrogen (secondary N) is 1. The van der Waals surface area contributed by atoms with Crippen molar-refractivity contribution in [3.05, 3.63) is 60.2 Å². The smallest absolute Gasteiger partial charge is 0.134 e. The average Bonchev–Trinajstić information content (AvgIpc) is 2.61. The molecule has 0 unspecified atom stereocenters. The summed E-state index contributed by atoms with van der Waals surface area (Å²) in [4.78, 5) is 11.3. The number of aliphatic hydroxyl groups excluding tert-OH is 1. The summed E-state index contributed by atoms with van der Waals surface area (Å²) >= 11 is 0. The van der Waals surface area contributed by atoms with Crippen LogP contribution in [0.4, 0.5) is 0 Å². The molecule has 2 aromatic carbocycles. The van der Waals surface area contributed by atoms with Gasteiger partial charge in [-0.05, 0) is 25.1 Å². The molecule has 0 amide bonds. The molecule has 0 spiro atoms. The third kappa shape index (κ3) is 7.37. The van der Waals surface area contributed by atoms with E-state index in [1.54, 1.807) is 6.92 Å². The average molecular weight is 343 g/mol. The Morgan fingerprint density at radius 2 is 1.80 bits per heavy atom. The topological polar surface area (TPSA) is 67.8 Å². The molecule has 134 valence electrons. The number of hydrogen-bond donors (Lipinski definition) is 2. The second kappa shape index (κ2) is 10.5. The summed E-state index contributed by atoms with van der Waals surface area (Å²) in [7, 11) is 0. The number of aliphatic hydroxyl groups is 1. The first kappa shape index (κ1) is 19.0. The third-order valence-corrected chi connectivity index (χ3v) is 3.51. The number of rotatable bonds is 11. The first-order chi connectivity index (χ1) is 12.1. The highest BCUT2D eigenvalue weighted by Gasteiger charge is 2.07. The van der Waals surface area contributed by atoms with Gasteiger partial charge in [0.25, 0.3) is 0 Å². The van der Waals surface area contributed by atoms with Gasteiger partial charge in [-0.1, -0.05) is 36.4 Å². The summed E-state index contributed by atoms with van der Waals surface area (Å²) in [5, 5.41) is 13.0. The van der Waals surface area contributed by atoms with Gasteiger partial charge in [-0.25, -0.2) is 0 Å². The molecule has 2 aromatic rings. The predicted molar refractivity (Wildman–Crippen MR) is 97.1 cm³/mol. The lowest BCUT2D eigenvalue weighted by Gasteiger charge is -2.14. The summed E-state index contributed by atoms with van der Waals surface area (Å²) in [6, 6.07) is 16.9.